The van der Waals surface area contributed by atoms with E-state index in [1.807, 2.05) is 41.5 Å². The molecule has 1 amide bonds. The Morgan fingerprint density at radius 1 is 1.04 bits per heavy atom. The molecule has 25 heavy (non-hydrogen) atoms. The minimum Gasteiger partial charge on any atom is -0.370 e. The van der Waals surface area contributed by atoms with Crippen LogP contribution >= 0.6 is 0 Å². The van der Waals surface area contributed by atoms with Gasteiger partial charge in [-0.1, -0.05) is 41.5 Å². The third-order valence-corrected chi connectivity index (χ3v) is 4.28. The first-order chi connectivity index (χ1) is 11.3. The standard InChI is InChI=1S/C17H29N3O4S/c1-9(2)13-7-12(20-17(21)15(18)11(5)6)8-14(10(3)4)16(13)24-25(19,22)23/h7-11,15H,18H2,1-6H3,(H,20,21)(H2,19,22,23)/t15-/m0/s1. The zero-order chi connectivity index (χ0) is 19.5. The summed E-state index contributed by atoms with van der Waals surface area (Å²) in [6.45, 7) is 11.3. The Kier molecular flexibility index (Phi) is 6.99. The third-order valence-electron chi connectivity index (χ3n) is 3.88. The van der Waals surface area contributed by atoms with Gasteiger partial charge in [0.15, 0.2) is 5.75 Å². The van der Waals surface area contributed by atoms with E-state index in [1.165, 1.54) is 0 Å². The van der Waals surface area contributed by atoms with Gasteiger partial charge in [0.25, 0.3) is 0 Å². The fourth-order valence-electron chi connectivity index (χ4n) is 2.35. The quantitative estimate of drug-likeness (QED) is 0.679. The Balaban J connectivity index is 3.42. The summed E-state index contributed by atoms with van der Waals surface area (Å²) in [5, 5.41) is 7.86. The molecule has 0 aliphatic carbocycles. The lowest BCUT2D eigenvalue weighted by Crippen LogP contribution is -2.39. The number of hydrogen-bond donors (Lipinski definition) is 3. The van der Waals surface area contributed by atoms with Crippen LogP contribution < -0.4 is 20.4 Å². The summed E-state index contributed by atoms with van der Waals surface area (Å²) in [5.41, 5.74) is 7.73. The highest BCUT2D eigenvalue weighted by Gasteiger charge is 2.23. The molecule has 5 N–H and O–H groups in total. The molecule has 0 unspecified atom stereocenters. The van der Waals surface area contributed by atoms with Crippen molar-refractivity contribution < 1.29 is 17.4 Å². The van der Waals surface area contributed by atoms with Crippen molar-refractivity contribution in [3.63, 3.8) is 0 Å². The summed E-state index contributed by atoms with van der Waals surface area (Å²) in [7, 11) is -4.16. The predicted molar refractivity (Wildman–Crippen MR) is 99.8 cm³/mol. The number of nitrogens with two attached hydrogens (primary N) is 2. The molecule has 1 rings (SSSR count). The van der Waals surface area contributed by atoms with Crippen molar-refractivity contribution in [1.29, 1.82) is 0 Å². The fraction of sp³-hybridized carbons (Fsp3) is 0.588. The van der Waals surface area contributed by atoms with E-state index in [4.69, 9.17) is 15.1 Å². The Hall–Kier alpha value is -1.64. The smallest absolute Gasteiger partial charge is 0.370 e. The molecular formula is C17H29N3O4S. The van der Waals surface area contributed by atoms with E-state index in [0.29, 0.717) is 16.8 Å². The molecule has 0 aliphatic rings. The molecule has 8 heteroatoms. The molecule has 0 bridgehead atoms. The lowest BCUT2D eigenvalue weighted by atomic mass is 9.93. The average molecular weight is 372 g/mol. The number of anilines is 1. The number of carbonyl (C=O) groups excluding carboxylic acids is 1. The fourth-order valence-corrected chi connectivity index (χ4v) is 2.77. The van der Waals surface area contributed by atoms with Crippen LogP contribution in [0.25, 0.3) is 0 Å². The molecule has 7 nitrogen and oxygen atoms in total. The van der Waals surface area contributed by atoms with Crippen LogP contribution in [0.2, 0.25) is 0 Å². The lowest BCUT2D eigenvalue weighted by Gasteiger charge is -2.22. The maximum absolute atomic E-state index is 12.2. The maximum Gasteiger partial charge on any atom is 0.380 e. The van der Waals surface area contributed by atoms with Gasteiger partial charge >= 0.3 is 10.3 Å². The first kappa shape index (κ1) is 21.4. The maximum atomic E-state index is 12.2. The number of amides is 1. The van der Waals surface area contributed by atoms with Gasteiger partial charge in [-0.25, -0.2) is 0 Å². The van der Waals surface area contributed by atoms with Gasteiger partial charge in [0.05, 0.1) is 6.04 Å². The molecule has 0 fully saturated rings. The van der Waals surface area contributed by atoms with Gasteiger partial charge in [0.1, 0.15) is 0 Å². The van der Waals surface area contributed by atoms with E-state index in [-0.39, 0.29) is 29.4 Å². The Morgan fingerprint density at radius 2 is 1.48 bits per heavy atom. The first-order valence-electron chi connectivity index (χ1n) is 8.30. The summed E-state index contributed by atoms with van der Waals surface area (Å²) >= 11 is 0. The van der Waals surface area contributed by atoms with Gasteiger partial charge < -0.3 is 15.2 Å². The molecule has 1 atom stereocenters. The monoisotopic (exact) mass is 371 g/mol. The SMILES string of the molecule is CC(C)c1cc(NC(=O)[C@@H](N)C(C)C)cc(C(C)C)c1OS(N)(=O)=O. The van der Waals surface area contributed by atoms with E-state index < -0.39 is 16.3 Å². The molecule has 0 spiro atoms. The minimum atomic E-state index is -4.16. The zero-order valence-corrected chi connectivity index (χ0v) is 16.5. The lowest BCUT2D eigenvalue weighted by molar-refractivity contribution is -0.118. The predicted octanol–water partition coefficient (Wildman–Crippen LogP) is 2.44. The number of nitrogens with one attached hydrogen (secondary N) is 1. The topological polar surface area (TPSA) is 125 Å². The number of rotatable bonds is 7. The Labute approximate surface area is 150 Å². The van der Waals surface area contributed by atoms with E-state index in [1.54, 1.807) is 12.1 Å². The Bertz CT molecular complexity index is 698. The highest BCUT2D eigenvalue weighted by molar-refractivity contribution is 7.84. The number of hydrogen-bond acceptors (Lipinski definition) is 5. The van der Waals surface area contributed by atoms with Crippen LogP contribution in [0.5, 0.6) is 5.75 Å². The van der Waals surface area contributed by atoms with Crippen molar-refractivity contribution in [3.8, 4) is 5.75 Å². The molecule has 1 aromatic carbocycles. The summed E-state index contributed by atoms with van der Waals surface area (Å²) in [4.78, 5) is 12.2. The molecule has 0 radical (unpaired) electrons. The third kappa shape index (κ3) is 5.98. The van der Waals surface area contributed by atoms with Gasteiger partial charge in [-0.3, -0.25) is 4.79 Å². The molecule has 0 saturated heterocycles. The normalized spacial score (nSPS) is 13.4. The molecule has 0 aliphatic heterocycles. The van der Waals surface area contributed by atoms with Crippen molar-refractivity contribution in [2.45, 2.75) is 59.4 Å². The largest absolute Gasteiger partial charge is 0.380 e. The second kappa shape index (κ2) is 8.16. The van der Waals surface area contributed by atoms with Crippen molar-refractivity contribution in [3.05, 3.63) is 23.3 Å². The van der Waals surface area contributed by atoms with E-state index in [0.717, 1.165) is 0 Å². The summed E-state index contributed by atoms with van der Waals surface area (Å²) in [5.74, 6) is -0.146. The van der Waals surface area contributed by atoms with Crippen LogP contribution in [0.1, 0.15) is 64.5 Å². The van der Waals surface area contributed by atoms with Gasteiger partial charge in [-0.15, -0.1) is 0 Å². The summed E-state index contributed by atoms with van der Waals surface area (Å²) < 4.78 is 27.9. The van der Waals surface area contributed by atoms with Crippen LogP contribution in [0, 0.1) is 5.92 Å². The van der Waals surface area contributed by atoms with Crippen LogP contribution in [0.4, 0.5) is 5.69 Å². The van der Waals surface area contributed by atoms with Gasteiger partial charge in [-0.2, -0.15) is 13.6 Å². The highest BCUT2D eigenvalue weighted by atomic mass is 32.2. The summed E-state index contributed by atoms with van der Waals surface area (Å²) in [6.07, 6.45) is 0. The minimum absolute atomic E-state index is 0.000807. The van der Waals surface area contributed by atoms with Crippen LogP contribution in [0.15, 0.2) is 12.1 Å². The molecule has 0 heterocycles. The van der Waals surface area contributed by atoms with Crippen molar-refractivity contribution >= 4 is 21.9 Å². The van der Waals surface area contributed by atoms with Gasteiger partial charge in [-0.05, 0) is 29.9 Å². The van der Waals surface area contributed by atoms with Gasteiger partial charge in [0, 0.05) is 16.8 Å². The van der Waals surface area contributed by atoms with Crippen LogP contribution in [0.3, 0.4) is 0 Å². The molecule has 0 aromatic heterocycles. The van der Waals surface area contributed by atoms with E-state index in [9.17, 15) is 13.2 Å². The molecule has 142 valence electrons. The number of carbonyl (C=O) groups is 1. The highest BCUT2D eigenvalue weighted by Crippen LogP contribution is 2.38. The van der Waals surface area contributed by atoms with Crippen molar-refractivity contribution in [2.75, 3.05) is 5.32 Å². The second-order valence-electron chi connectivity index (χ2n) is 7.13. The molecular weight excluding hydrogens is 342 g/mol. The van der Waals surface area contributed by atoms with Crippen LogP contribution in [-0.4, -0.2) is 20.4 Å². The molecule has 0 saturated carbocycles. The summed E-state index contributed by atoms with van der Waals surface area (Å²) in [6, 6.07) is 2.76. The van der Waals surface area contributed by atoms with Crippen molar-refractivity contribution in [1.82, 2.24) is 0 Å². The van der Waals surface area contributed by atoms with E-state index in [2.05, 4.69) is 5.32 Å². The van der Waals surface area contributed by atoms with Crippen LogP contribution in [-0.2, 0) is 15.1 Å². The average Bonchev–Trinajstić information content (AvgIpc) is 2.45. The second-order valence-corrected chi connectivity index (χ2v) is 8.28. The van der Waals surface area contributed by atoms with Crippen molar-refractivity contribution in [2.24, 2.45) is 16.8 Å². The molecule has 1 aromatic rings. The number of benzene rings is 1. The Morgan fingerprint density at radius 3 is 1.80 bits per heavy atom. The van der Waals surface area contributed by atoms with Gasteiger partial charge in [0.2, 0.25) is 5.91 Å². The first-order valence-corrected chi connectivity index (χ1v) is 9.77. The van der Waals surface area contributed by atoms with E-state index >= 15 is 0 Å². The zero-order valence-electron chi connectivity index (χ0n) is 15.7.